The van der Waals surface area contributed by atoms with Gasteiger partial charge in [0, 0.05) is 23.5 Å². The molecule has 0 spiro atoms. The summed E-state index contributed by atoms with van der Waals surface area (Å²) in [5.41, 5.74) is 1.59. The molecule has 8 nitrogen and oxygen atoms in total. The number of anilines is 2. The Kier molecular flexibility index (Phi) is 5.85. The molecule has 0 aliphatic carbocycles. The van der Waals surface area contributed by atoms with E-state index >= 15 is 0 Å². The second-order valence-electron chi connectivity index (χ2n) is 7.50. The molecule has 1 aromatic carbocycles. The number of carbonyl (C=O) groups is 3. The van der Waals surface area contributed by atoms with Crippen molar-refractivity contribution in [1.29, 1.82) is 0 Å². The van der Waals surface area contributed by atoms with Gasteiger partial charge in [-0.25, -0.2) is 13.2 Å². The van der Waals surface area contributed by atoms with Crippen LogP contribution in [0.2, 0.25) is 0 Å². The Balaban J connectivity index is 1.57. The highest BCUT2D eigenvalue weighted by Gasteiger charge is 2.37. The molecule has 31 heavy (non-hydrogen) atoms. The van der Waals surface area contributed by atoms with Gasteiger partial charge >= 0.3 is 5.97 Å². The summed E-state index contributed by atoms with van der Waals surface area (Å²) in [6.45, 7) is 2.09. The monoisotopic (exact) mass is 462 g/mol. The largest absolute Gasteiger partial charge is 0.462 e. The Hall–Kier alpha value is -2.72. The fourth-order valence-corrected chi connectivity index (χ4v) is 6.93. The van der Waals surface area contributed by atoms with Crippen LogP contribution >= 0.6 is 11.3 Å². The number of esters is 1. The van der Waals surface area contributed by atoms with Crippen molar-refractivity contribution in [1.82, 2.24) is 0 Å². The lowest BCUT2D eigenvalue weighted by molar-refractivity contribution is -0.122. The molecule has 3 heterocycles. The van der Waals surface area contributed by atoms with Crippen molar-refractivity contribution in [3.8, 4) is 0 Å². The van der Waals surface area contributed by atoms with Gasteiger partial charge in [-0.2, -0.15) is 0 Å². The highest BCUT2D eigenvalue weighted by Crippen LogP contribution is 2.39. The van der Waals surface area contributed by atoms with E-state index in [4.69, 9.17) is 4.74 Å². The summed E-state index contributed by atoms with van der Waals surface area (Å²) in [6.07, 6.45) is 0.275. The lowest BCUT2D eigenvalue weighted by atomic mass is 10.1. The van der Waals surface area contributed by atoms with E-state index in [9.17, 15) is 22.8 Å². The first kappa shape index (κ1) is 21.5. The van der Waals surface area contributed by atoms with Crippen molar-refractivity contribution < 1.29 is 27.5 Å². The Labute approximate surface area is 184 Å². The van der Waals surface area contributed by atoms with Crippen LogP contribution in [0.1, 0.15) is 34.1 Å². The van der Waals surface area contributed by atoms with E-state index in [0.717, 1.165) is 17.0 Å². The Morgan fingerprint density at radius 1 is 1.26 bits per heavy atom. The number of hydrogen-bond donors (Lipinski definition) is 1. The zero-order chi connectivity index (χ0) is 22.2. The fourth-order valence-electron chi connectivity index (χ4n) is 3.88. The van der Waals surface area contributed by atoms with Crippen molar-refractivity contribution in [2.24, 2.45) is 5.92 Å². The van der Waals surface area contributed by atoms with Gasteiger partial charge in [-0.3, -0.25) is 9.59 Å². The van der Waals surface area contributed by atoms with E-state index in [-0.39, 0.29) is 59.9 Å². The average Bonchev–Trinajstić information content (AvgIpc) is 3.28. The summed E-state index contributed by atoms with van der Waals surface area (Å²) >= 11 is 1.09. The molecule has 10 heteroatoms. The van der Waals surface area contributed by atoms with Crippen molar-refractivity contribution >= 4 is 49.6 Å². The molecule has 1 atom stereocenters. The molecule has 0 bridgehead atoms. The summed E-state index contributed by atoms with van der Waals surface area (Å²) in [6, 6.07) is 9.12. The topological polar surface area (TPSA) is 110 Å². The minimum atomic E-state index is -3.23. The van der Waals surface area contributed by atoms with E-state index in [1.165, 1.54) is 0 Å². The first-order valence-corrected chi connectivity index (χ1v) is 12.6. The summed E-state index contributed by atoms with van der Waals surface area (Å²) < 4.78 is 29.2. The quantitative estimate of drug-likeness (QED) is 0.684. The van der Waals surface area contributed by atoms with Gasteiger partial charge in [-0.15, -0.1) is 11.3 Å². The molecule has 2 aromatic rings. The number of fused-ring (bicyclic) bond motifs is 1. The van der Waals surface area contributed by atoms with Crippen molar-refractivity contribution in [3.63, 3.8) is 0 Å². The second kappa shape index (κ2) is 8.43. The van der Waals surface area contributed by atoms with Crippen LogP contribution in [0.15, 0.2) is 30.3 Å². The van der Waals surface area contributed by atoms with E-state index in [2.05, 4.69) is 5.32 Å². The number of carbonyl (C=O) groups excluding carboxylic acids is 3. The van der Waals surface area contributed by atoms with Crippen LogP contribution in [0.25, 0.3) is 0 Å². The van der Waals surface area contributed by atoms with Crippen molar-refractivity contribution in [2.75, 3.05) is 29.1 Å². The fraction of sp³-hybridized carbons (Fsp3) is 0.381. The molecule has 2 amide bonds. The SMILES string of the molecule is CCOC(=O)c1c(NC(=O)C2CC(=O)N(c3ccccc3)C2)sc2c1CCS(=O)(=O)C2. The first-order valence-electron chi connectivity index (χ1n) is 9.97. The molecule has 2 aliphatic rings. The van der Waals surface area contributed by atoms with Crippen LogP contribution in [0, 0.1) is 5.92 Å². The third-order valence-corrected chi connectivity index (χ3v) is 8.27. The summed E-state index contributed by atoms with van der Waals surface area (Å²) in [5.74, 6) is -1.88. The van der Waals surface area contributed by atoms with Crippen LogP contribution in [-0.2, 0) is 36.3 Å². The predicted molar refractivity (Wildman–Crippen MR) is 117 cm³/mol. The van der Waals surface area contributed by atoms with Gasteiger partial charge in [0.25, 0.3) is 0 Å². The van der Waals surface area contributed by atoms with Gasteiger partial charge in [0.2, 0.25) is 11.8 Å². The number of amides is 2. The number of sulfone groups is 1. The lowest BCUT2D eigenvalue weighted by Crippen LogP contribution is -2.28. The highest BCUT2D eigenvalue weighted by atomic mass is 32.2. The number of nitrogens with zero attached hydrogens (tertiary/aromatic N) is 1. The molecule has 1 unspecified atom stereocenters. The number of nitrogens with one attached hydrogen (secondary N) is 1. The minimum Gasteiger partial charge on any atom is -0.462 e. The van der Waals surface area contributed by atoms with Gasteiger partial charge in [0.1, 0.15) is 5.00 Å². The summed E-state index contributed by atoms with van der Waals surface area (Å²) in [4.78, 5) is 40.1. The minimum absolute atomic E-state index is 0.0420. The number of rotatable bonds is 5. The molecule has 1 fully saturated rings. The third-order valence-electron chi connectivity index (χ3n) is 5.38. The van der Waals surface area contributed by atoms with Crippen LogP contribution in [-0.4, -0.2) is 45.1 Å². The van der Waals surface area contributed by atoms with Crippen LogP contribution in [0.4, 0.5) is 10.7 Å². The van der Waals surface area contributed by atoms with E-state index in [1.807, 2.05) is 30.3 Å². The molecule has 1 N–H and O–H groups in total. The Morgan fingerprint density at radius 2 is 2.00 bits per heavy atom. The molecular weight excluding hydrogens is 440 g/mol. The van der Waals surface area contributed by atoms with Gasteiger partial charge in [0.15, 0.2) is 9.84 Å². The Bertz CT molecular complexity index is 1140. The summed E-state index contributed by atoms with van der Waals surface area (Å²) in [7, 11) is -3.23. The molecular formula is C21H22N2O6S2. The van der Waals surface area contributed by atoms with Gasteiger partial charge in [-0.1, -0.05) is 18.2 Å². The maximum absolute atomic E-state index is 13.0. The highest BCUT2D eigenvalue weighted by molar-refractivity contribution is 7.90. The number of para-hydroxylation sites is 1. The average molecular weight is 463 g/mol. The van der Waals surface area contributed by atoms with Crippen LogP contribution in [0.5, 0.6) is 0 Å². The van der Waals surface area contributed by atoms with Crippen molar-refractivity contribution in [3.05, 3.63) is 46.3 Å². The van der Waals surface area contributed by atoms with E-state index in [0.29, 0.717) is 10.4 Å². The van der Waals surface area contributed by atoms with Gasteiger partial charge < -0.3 is 15.0 Å². The normalized spacial score (nSPS) is 19.7. The zero-order valence-electron chi connectivity index (χ0n) is 16.9. The first-order chi connectivity index (χ1) is 14.8. The third kappa shape index (κ3) is 4.35. The van der Waals surface area contributed by atoms with Gasteiger partial charge in [0.05, 0.1) is 29.6 Å². The maximum Gasteiger partial charge on any atom is 0.341 e. The van der Waals surface area contributed by atoms with E-state index < -0.39 is 21.7 Å². The molecule has 1 saturated heterocycles. The maximum atomic E-state index is 13.0. The molecule has 1 aromatic heterocycles. The zero-order valence-corrected chi connectivity index (χ0v) is 18.6. The smallest absolute Gasteiger partial charge is 0.341 e. The Morgan fingerprint density at radius 3 is 2.71 bits per heavy atom. The molecule has 0 radical (unpaired) electrons. The van der Waals surface area contributed by atoms with Crippen LogP contribution < -0.4 is 10.2 Å². The number of hydrogen-bond acceptors (Lipinski definition) is 7. The molecule has 4 rings (SSSR count). The predicted octanol–water partition coefficient (Wildman–Crippen LogP) is 2.39. The van der Waals surface area contributed by atoms with Crippen LogP contribution in [0.3, 0.4) is 0 Å². The standard InChI is InChI=1S/C21H22N2O6S2/c1-2-29-21(26)18-15-8-9-31(27,28)12-16(15)30-20(18)22-19(25)13-10-17(24)23(11-13)14-6-4-3-5-7-14/h3-7,13H,2,8-12H2,1H3,(H,22,25). The molecule has 0 saturated carbocycles. The molecule has 2 aliphatic heterocycles. The van der Waals surface area contributed by atoms with Crippen molar-refractivity contribution in [2.45, 2.75) is 25.5 Å². The lowest BCUT2D eigenvalue weighted by Gasteiger charge is -2.16. The number of benzene rings is 1. The molecule has 164 valence electrons. The number of thiophene rings is 1. The van der Waals surface area contributed by atoms with E-state index in [1.54, 1.807) is 11.8 Å². The van der Waals surface area contributed by atoms with Gasteiger partial charge in [-0.05, 0) is 31.0 Å². The number of ether oxygens (including phenoxy) is 1. The summed E-state index contributed by atoms with van der Waals surface area (Å²) in [5, 5.41) is 3.06. The second-order valence-corrected chi connectivity index (χ2v) is 10.8.